The Morgan fingerprint density at radius 1 is 1.22 bits per heavy atom. The van der Waals surface area contributed by atoms with Crippen LogP contribution in [-0.4, -0.2) is 16.5 Å². The third-order valence-corrected chi connectivity index (χ3v) is 6.49. The summed E-state index contributed by atoms with van der Waals surface area (Å²) in [6.45, 7) is 4.61. The number of pyridine rings is 1. The number of aryl methyl sites for hydroxylation is 1. The number of rotatable bonds is 5. The summed E-state index contributed by atoms with van der Waals surface area (Å²) in [5.41, 5.74) is 2.23. The van der Waals surface area contributed by atoms with Crippen molar-refractivity contribution in [2.75, 3.05) is 0 Å². The summed E-state index contributed by atoms with van der Waals surface area (Å²) in [4.78, 5) is 25.6. The van der Waals surface area contributed by atoms with Crippen molar-refractivity contribution in [2.45, 2.75) is 52.1 Å². The number of carbonyl (C=O) groups excluding carboxylic acids is 1. The van der Waals surface area contributed by atoms with Gasteiger partial charge in [0.25, 0.3) is 11.5 Å². The number of nitrogens with one attached hydrogen (secondary N) is 1. The molecule has 2 aromatic rings. The van der Waals surface area contributed by atoms with Crippen molar-refractivity contribution in [2.24, 2.45) is 17.8 Å². The van der Waals surface area contributed by atoms with Crippen molar-refractivity contribution in [1.29, 1.82) is 0 Å². The smallest absolute Gasteiger partial charge is 0.263 e. The first kappa shape index (κ1) is 18.0. The molecular formula is C23H28N2O2. The molecule has 0 spiro atoms. The van der Waals surface area contributed by atoms with Gasteiger partial charge in [-0.05, 0) is 68.6 Å². The van der Waals surface area contributed by atoms with Gasteiger partial charge in [-0.15, -0.1) is 0 Å². The number of amides is 1. The Hall–Kier alpha value is -2.36. The summed E-state index contributed by atoms with van der Waals surface area (Å²) < 4.78 is 1.62. The molecule has 2 bridgehead atoms. The van der Waals surface area contributed by atoms with E-state index in [0.29, 0.717) is 12.5 Å². The standard InChI is InChI=1S/C23H28N2O2/c1-15-5-3-6-18(11-15)14-25-10-4-7-20(23(25)27)22(26)24-16(2)21-13-17-8-9-19(21)12-17/h3-7,10-11,16-17,19,21H,8-9,12-14H2,1-2H3,(H,24,26). The quantitative estimate of drug-likeness (QED) is 0.878. The predicted octanol–water partition coefficient (Wildman–Crippen LogP) is 3.76. The molecule has 4 unspecified atom stereocenters. The van der Waals surface area contributed by atoms with E-state index in [1.165, 1.54) is 25.7 Å². The number of nitrogens with zero attached hydrogens (tertiary/aromatic N) is 1. The van der Waals surface area contributed by atoms with E-state index in [2.05, 4.69) is 18.3 Å². The molecule has 27 heavy (non-hydrogen) atoms. The van der Waals surface area contributed by atoms with Gasteiger partial charge in [0, 0.05) is 12.2 Å². The van der Waals surface area contributed by atoms with Gasteiger partial charge in [-0.25, -0.2) is 0 Å². The van der Waals surface area contributed by atoms with E-state index in [1.807, 2.05) is 25.1 Å². The molecule has 2 fully saturated rings. The molecular weight excluding hydrogens is 336 g/mol. The number of fused-ring (bicyclic) bond motifs is 2. The average Bonchev–Trinajstić information content (AvgIpc) is 3.27. The molecule has 4 atom stereocenters. The fourth-order valence-corrected chi connectivity index (χ4v) is 5.14. The molecule has 4 heteroatoms. The van der Waals surface area contributed by atoms with Crippen LogP contribution in [0.1, 0.15) is 54.1 Å². The normalized spacial score (nSPS) is 24.7. The van der Waals surface area contributed by atoms with Crippen LogP contribution < -0.4 is 10.9 Å². The van der Waals surface area contributed by atoms with Gasteiger partial charge in [0.15, 0.2) is 0 Å². The van der Waals surface area contributed by atoms with Crippen LogP contribution in [-0.2, 0) is 6.54 Å². The fraction of sp³-hybridized carbons (Fsp3) is 0.478. The Morgan fingerprint density at radius 3 is 2.78 bits per heavy atom. The van der Waals surface area contributed by atoms with E-state index in [0.717, 1.165) is 23.0 Å². The summed E-state index contributed by atoms with van der Waals surface area (Å²) in [7, 11) is 0. The Morgan fingerprint density at radius 2 is 2.07 bits per heavy atom. The van der Waals surface area contributed by atoms with Crippen molar-refractivity contribution in [3.63, 3.8) is 0 Å². The van der Waals surface area contributed by atoms with E-state index >= 15 is 0 Å². The molecule has 1 heterocycles. The van der Waals surface area contributed by atoms with E-state index in [-0.39, 0.29) is 23.1 Å². The van der Waals surface area contributed by atoms with Crippen LogP contribution >= 0.6 is 0 Å². The third-order valence-electron chi connectivity index (χ3n) is 6.49. The fourth-order valence-electron chi connectivity index (χ4n) is 5.14. The van der Waals surface area contributed by atoms with Gasteiger partial charge in [0.05, 0.1) is 6.54 Å². The van der Waals surface area contributed by atoms with Crippen LogP contribution in [0.25, 0.3) is 0 Å². The number of aromatic nitrogens is 1. The van der Waals surface area contributed by atoms with Gasteiger partial charge >= 0.3 is 0 Å². The van der Waals surface area contributed by atoms with Gasteiger partial charge < -0.3 is 9.88 Å². The number of carbonyl (C=O) groups is 1. The van der Waals surface area contributed by atoms with E-state index in [4.69, 9.17) is 0 Å². The first-order valence-corrected chi connectivity index (χ1v) is 10.1. The maximum atomic E-state index is 12.8. The molecule has 1 amide bonds. The maximum absolute atomic E-state index is 12.8. The topological polar surface area (TPSA) is 51.1 Å². The Balaban J connectivity index is 1.48. The van der Waals surface area contributed by atoms with Gasteiger partial charge in [-0.2, -0.15) is 0 Å². The monoisotopic (exact) mass is 364 g/mol. The lowest BCUT2D eigenvalue weighted by molar-refractivity contribution is 0.0913. The SMILES string of the molecule is Cc1cccc(Cn2cccc(C(=O)NC(C)C3CC4CCC3C4)c2=O)c1. The predicted molar refractivity (Wildman–Crippen MR) is 107 cm³/mol. The molecule has 2 saturated carbocycles. The van der Waals surface area contributed by atoms with Gasteiger partial charge in [0.2, 0.25) is 0 Å². The number of hydrogen-bond donors (Lipinski definition) is 1. The average molecular weight is 364 g/mol. The van der Waals surface area contributed by atoms with Crippen molar-refractivity contribution >= 4 is 5.91 Å². The molecule has 1 aromatic carbocycles. The summed E-state index contributed by atoms with van der Waals surface area (Å²) in [6, 6.07) is 11.6. The summed E-state index contributed by atoms with van der Waals surface area (Å²) in [5.74, 6) is 1.92. The highest BCUT2D eigenvalue weighted by Crippen LogP contribution is 2.49. The van der Waals surface area contributed by atoms with E-state index < -0.39 is 0 Å². The first-order chi connectivity index (χ1) is 13.0. The van der Waals surface area contributed by atoms with Crippen molar-refractivity contribution in [3.8, 4) is 0 Å². The van der Waals surface area contributed by atoms with Crippen LogP contribution in [0.2, 0.25) is 0 Å². The van der Waals surface area contributed by atoms with Crippen LogP contribution in [0.15, 0.2) is 47.4 Å². The zero-order chi connectivity index (χ0) is 19.0. The molecule has 2 aliphatic rings. The molecule has 1 aromatic heterocycles. The van der Waals surface area contributed by atoms with E-state index in [1.54, 1.807) is 22.9 Å². The first-order valence-electron chi connectivity index (χ1n) is 10.1. The minimum absolute atomic E-state index is 0.123. The summed E-state index contributed by atoms with van der Waals surface area (Å²) in [5, 5.41) is 3.11. The van der Waals surface area contributed by atoms with E-state index in [9.17, 15) is 9.59 Å². The van der Waals surface area contributed by atoms with Gasteiger partial charge in [-0.1, -0.05) is 36.2 Å². The number of benzene rings is 1. The Kier molecular flexibility index (Phi) is 4.90. The van der Waals surface area contributed by atoms with Crippen molar-refractivity contribution in [3.05, 3.63) is 69.6 Å². The second kappa shape index (κ2) is 7.34. The second-order valence-electron chi connectivity index (χ2n) is 8.44. The third kappa shape index (κ3) is 3.71. The van der Waals surface area contributed by atoms with Crippen LogP contribution in [0.5, 0.6) is 0 Å². The van der Waals surface area contributed by atoms with Gasteiger partial charge in [0.1, 0.15) is 5.56 Å². The van der Waals surface area contributed by atoms with Crippen LogP contribution in [0.3, 0.4) is 0 Å². The number of hydrogen-bond acceptors (Lipinski definition) is 2. The Labute approximate surface area is 160 Å². The molecule has 0 aliphatic heterocycles. The highest BCUT2D eigenvalue weighted by atomic mass is 16.2. The molecule has 0 saturated heterocycles. The van der Waals surface area contributed by atoms with Crippen LogP contribution in [0, 0.1) is 24.7 Å². The minimum atomic E-state index is -0.242. The molecule has 0 radical (unpaired) electrons. The molecule has 4 rings (SSSR count). The van der Waals surface area contributed by atoms with Crippen molar-refractivity contribution < 1.29 is 4.79 Å². The summed E-state index contributed by atoms with van der Waals surface area (Å²) in [6.07, 6.45) is 6.94. The molecule has 2 aliphatic carbocycles. The maximum Gasteiger partial charge on any atom is 0.263 e. The zero-order valence-corrected chi connectivity index (χ0v) is 16.2. The van der Waals surface area contributed by atoms with Crippen molar-refractivity contribution in [1.82, 2.24) is 9.88 Å². The molecule has 1 N–H and O–H groups in total. The largest absolute Gasteiger partial charge is 0.349 e. The highest BCUT2D eigenvalue weighted by Gasteiger charge is 2.42. The zero-order valence-electron chi connectivity index (χ0n) is 16.2. The molecule has 142 valence electrons. The van der Waals surface area contributed by atoms with Crippen LogP contribution in [0.4, 0.5) is 0 Å². The highest BCUT2D eigenvalue weighted by molar-refractivity contribution is 5.94. The lowest BCUT2D eigenvalue weighted by Crippen LogP contribution is -2.42. The Bertz CT molecular complexity index is 901. The lowest BCUT2D eigenvalue weighted by atomic mass is 9.84. The molecule has 4 nitrogen and oxygen atoms in total. The minimum Gasteiger partial charge on any atom is -0.349 e. The van der Waals surface area contributed by atoms with Gasteiger partial charge in [-0.3, -0.25) is 9.59 Å². The summed E-state index contributed by atoms with van der Waals surface area (Å²) >= 11 is 0. The second-order valence-corrected chi connectivity index (χ2v) is 8.44. The lowest BCUT2D eigenvalue weighted by Gasteiger charge is -2.28.